The molecule has 2 aliphatic rings. The van der Waals surface area contributed by atoms with Gasteiger partial charge in [-0.2, -0.15) is 0 Å². The SMILES string of the molecule is c1csc(C(NC2CC2)c2nc3c(s2)CCCC3)n1. The Morgan fingerprint density at radius 3 is 2.84 bits per heavy atom. The maximum absolute atomic E-state index is 4.91. The molecule has 1 atom stereocenters. The summed E-state index contributed by atoms with van der Waals surface area (Å²) in [5, 5.41) is 8.17. The van der Waals surface area contributed by atoms with E-state index in [0.29, 0.717) is 6.04 Å². The third-order valence-electron chi connectivity index (χ3n) is 3.79. The van der Waals surface area contributed by atoms with Gasteiger partial charge in [-0.15, -0.1) is 22.7 Å². The number of fused-ring (bicyclic) bond motifs is 1. The molecule has 0 aliphatic heterocycles. The van der Waals surface area contributed by atoms with Crippen LogP contribution in [0.2, 0.25) is 0 Å². The summed E-state index contributed by atoms with van der Waals surface area (Å²) in [7, 11) is 0. The number of thiazole rings is 2. The van der Waals surface area contributed by atoms with Crippen LogP contribution < -0.4 is 5.32 Å². The topological polar surface area (TPSA) is 37.8 Å². The van der Waals surface area contributed by atoms with E-state index in [-0.39, 0.29) is 6.04 Å². The number of hydrogen-bond acceptors (Lipinski definition) is 5. The van der Waals surface area contributed by atoms with E-state index in [0.717, 1.165) is 5.01 Å². The van der Waals surface area contributed by atoms with Gasteiger partial charge in [0.25, 0.3) is 0 Å². The minimum absolute atomic E-state index is 0.225. The quantitative estimate of drug-likeness (QED) is 0.939. The van der Waals surface area contributed by atoms with E-state index < -0.39 is 0 Å². The summed E-state index contributed by atoms with van der Waals surface area (Å²) >= 11 is 3.64. The van der Waals surface area contributed by atoms with Crippen molar-refractivity contribution in [3.63, 3.8) is 0 Å². The van der Waals surface area contributed by atoms with Gasteiger partial charge in [-0.25, -0.2) is 9.97 Å². The Kier molecular flexibility index (Phi) is 3.13. The van der Waals surface area contributed by atoms with Crippen LogP contribution in [0.5, 0.6) is 0 Å². The number of hydrogen-bond donors (Lipinski definition) is 1. The zero-order chi connectivity index (χ0) is 12.7. The van der Waals surface area contributed by atoms with Gasteiger partial charge in [0.1, 0.15) is 16.1 Å². The van der Waals surface area contributed by atoms with Gasteiger partial charge < -0.3 is 0 Å². The van der Waals surface area contributed by atoms with Crippen LogP contribution in [0.15, 0.2) is 11.6 Å². The van der Waals surface area contributed by atoms with E-state index in [4.69, 9.17) is 4.98 Å². The lowest BCUT2D eigenvalue weighted by molar-refractivity contribution is 0.591. The van der Waals surface area contributed by atoms with Crippen LogP contribution in [-0.4, -0.2) is 16.0 Å². The molecule has 2 aromatic heterocycles. The molecule has 5 heteroatoms. The molecule has 1 saturated carbocycles. The van der Waals surface area contributed by atoms with Crippen LogP contribution in [0.25, 0.3) is 0 Å². The lowest BCUT2D eigenvalue weighted by atomic mass is 10.0. The first-order chi connectivity index (χ1) is 9.40. The lowest BCUT2D eigenvalue weighted by Gasteiger charge is -2.13. The molecule has 0 saturated heterocycles. The zero-order valence-electron chi connectivity index (χ0n) is 10.8. The fraction of sp³-hybridized carbons (Fsp3) is 0.571. The van der Waals surface area contributed by atoms with Gasteiger partial charge in [-0.3, -0.25) is 5.32 Å². The Hall–Kier alpha value is -0.780. The molecule has 4 rings (SSSR count). The Morgan fingerprint density at radius 2 is 2.11 bits per heavy atom. The number of nitrogens with one attached hydrogen (secondary N) is 1. The predicted molar refractivity (Wildman–Crippen MR) is 78.9 cm³/mol. The Balaban J connectivity index is 1.67. The highest BCUT2D eigenvalue weighted by Gasteiger charge is 2.30. The molecule has 1 unspecified atom stereocenters. The first-order valence-electron chi connectivity index (χ1n) is 7.04. The third kappa shape index (κ3) is 2.47. The minimum Gasteiger partial charge on any atom is -0.299 e. The maximum Gasteiger partial charge on any atom is 0.117 e. The van der Waals surface area contributed by atoms with Crippen LogP contribution in [-0.2, 0) is 12.8 Å². The largest absolute Gasteiger partial charge is 0.299 e. The molecular formula is C14H17N3S2. The Morgan fingerprint density at radius 1 is 1.21 bits per heavy atom. The smallest absolute Gasteiger partial charge is 0.117 e. The van der Waals surface area contributed by atoms with Crippen molar-refractivity contribution in [3.05, 3.63) is 32.2 Å². The van der Waals surface area contributed by atoms with E-state index in [2.05, 4.69) is 15.7 Å². The van der Waals surface area contributed by atoms with Gasteiger partial charge in [0.2, 0.25) is 0 Å². The van der Waals surface area contributed by atoms with Crippen molar-refractivity contribution in [3.8, 4) is 0 Å². The van der Waals surface area contributed by atoms with Crippen molar-refractivity contribution in [1.82, 2.24) is 15.3 Å². The molecule has 1 N–H and O–H groups in total. The van der Waals surface area contributed by atoms with Gasteiger partial charge in [0.05, 0.1) is 5.69 Å². The second-order valence-corrected chi connectivity index (χ2v) is 7.41. The number of aryl methyl sites for hydroxylation is 2. The van der Waals surface area contributed by atoms with Crippen LogP contribution in [0, 0.1) is 0 Å². The van der Waals surface area contributed by atoms with Crippen molar-refractivity contribution in [2.24, 2.45) is 0 Å². The van der Waals surface area contributed by atoms with Crippen LogP contribution in [0.1, 0.15) is 52.3 Å². The molecule has 2 heterocycles. The molecule has 100 valence electrons. The molecule has 1 fully saturated rings. The summed E-state index contributed by atoms with van der Waals surface area (Å²) in [6.45, 7) is 0. The fourth-order valence-electron chi connectivity index (χ4n) is 2.61. The summed E-state index contributed by atoms with van der Waals surface area (Å²) < 4.78 is 0. The standard InChI is InChI=1S/C14H17N3S2/c1-2-4-11-10(3-1)17-14(19-11)12(16-9-5-6-9)13-15-7-8-18-13/h7-9,12,16H,1-6H2. The van der Waals surface area contributed by atoms with Crippen LogP contribution in [0.4, 0.5) is 0 Å². The fourth-order valence-corrected chi connectivity index (χ4v) is 4.60. The Bertz CT molecular complexity index is 534. The predicted octanol–water partition coefficient (Wildman–Crippen LogP) is 3.32. The van der Waals surface area contributed by atoms with E-state index in [9.17, 15) is 0 Å². The van der Waals surface area contributed by atoms with Crippen LogP contribution in [0.3, 0.4) is 0 Å². The van der Waals surface area contributed by atoms with Gasteiger partial charge in [-0.1, -0.05) is 0 Å². The summed E-state index contributed by atoms with van der Waals surface area (Å²) in [6.07, 6.45) is 9.51. The molecule has 0 radical (unpaired) electrons. The highest BCUT2D eigenvalue weighted by molar-refractivity contribution is 7.12. The normalized spacial score (nSPS) is 20.2. The summed E-state index contributed by atoms with van der Waals surface area (Å²) in [5.41, 5.74) is 1.35. The average molecular weight is 291 g/mol. The number of rotatable bonds is 4. The monoisotopic (exact) mass is 291 g/mol. The first-order valence-corrected chi connectivity index (χ1v) is 8.73. The lowest BCUT2D eigenvalue weighted by Crippen LogP contribution is -2.24. The van der Waals surface area contributed by atoms with Crippen molar-refractivity contribution in [1.29, 1.82) is 0 Å². The second-order valence-electron chi connectivity index (χ2n) is 5.37. The molecular weight excluding hydrogens is 274 g/mol. The number of aromatic nitrogens is 2. The third-order valence-corrected chi connectivity index (χ3v) is 5.85. The summed E-state index contributed by atoms with van der Waals surface area (Å²) in [4.78, 5) is 10.9. The molecule has 0 amide bonds. The molecule has 0 spiro atoms. The van der Waals surface area contributed by atoms with E-state index in [1.54, 1.807) is 11.3 Å². The average Bonchev–Trinajstić information content (AvgIpc) is 2.95. The van der Waals surface area contributed by atoms with Crippen molar-refractivity contribution < 1.29 is 0 Å². The Labute approximate surface area is 121 Å². The van der Waals surface area contributed by atoms with Crippen molar-refractivity contribution in [2.45, 2.75) is 50.6 Å². The van der Waals surface area contributed by atoms with E-state index >= 15 is 0 Å². The van der Waals surface area contributed by atoms with Gasteiger partial charge >= 0.3 is 0 Å². The van der Waals surface area contributed by atoms with Crippen LogP contribution >= 0.6 is 22.7 Å². The van der Waals surface area contributed by atoms with Crippen molar-refractivity contribution in [2.75, 3.05) is 0 Å². The molecule has 2 aliphatic carbocycles. The molecule has 19 heavy (non-hydrogen) atoms. The van der Waals surface area contributed by atoms with Crippen molar-refractivity contribution >= 4 is 22.7 Å². The van der Waals surface area contributed by atoms with E-state index in [1.165, 1.54) is 54.1 Å². The molecule has 0 bridgehead atoms. The van der Waals surface area contributed by atoms with Gasteiger partial charge in [0, 0.05) is 22.5 Å². The molecule has 0 aromatic carbocycles. The maximum atomic E-state index is 4.91. The summed E-state index contributed by atoms with van der Waals surface area (Å²) in [5.74, 6) is 0. The second kappa shape index (κ2) is 4.96. The minimum atomic E-state index is 0.225. The molecule has 3 nitrogen and oxygen atoms in total. The zero-order valence-corrected chi connectivity index (χ0v) is 12.4. The summed E-state index contributed by atoms with van der Waals surface area (Å²) in [6, 6.07) is 0.901. The number of nitrogens with zero attached hydrogens (tertiary/aromatic N) is 2. The highest BCUT2D eigenvalue weighted by Crippen LogP contribution is 2.35. The molecule has 2 aromatic rings. The first kappa shape index (κ1) is 12.0. The van der Waals surface area contributed by atoms with Gasteiger partial charge in [-0.05, 0) is 38.5 Å². The van der Waals surface area contributed by atoms with Gasteiger partial charge in [0.15, 0.2) is 0 Å². The van der Waals surface area contributed by atoms with E-state index in [1.807, 2.05) is 17.5 Å². The highest BCUT2D eigenvalue weighted by atomic mass is 32.1.